The van der Waals surface area contributed by atoms with Gasteiger partial charge in [0.1, 0.15) is 54.3 Å². The summed E-state index contributed by atoms with van der Waals surface area (Å²) in [6.07, 6.45) is 16.3. The van der Waals surface area contributed by atoms with Crippen LogP contribution in [0.15, 0.2) is 36.7 Å². The predicted octanol–water partition coefficient (Wildman–Crippen LogP) is 7.76. The molecule has 0 saturated carbocycles. The van der Waals surface area contributed by atoms with E-state index in [2.05, 4.69) is 17.0 Å². The number of phosphoric ester groups is 1. The van der Waals surface area contributed by atoms with E-state index in [4.69, 9.17) is 29.0 Å². The number of halogens is 1. The van der Waals surface area contributed by atoms with Gasteiger partial charge in [0.15, 0.2) is 5.82 Å². The summed E-state index contributed by atoms with van der Waals surface area (Å²) in [5.41, 5.74) is 3.38. The molecule has 1 aromatic carbocycles. The smallest absolute Gasteiger partial charge is 0.387 e. The van der Waals surface area contributed by atoms with Gasteiger partial charge in [-0.25, -0.2) is 18.5 Å². The van der Waals surface area contributed by atoms with Gasteiger partial charge in [-0.1, -0.05) is 103 Å². The van der Waals surface area contributed by atoms with E-state index in [1.54, 1.807) is 19.1 Å². The van der Waals surface area contributed by atoms with Gasteiger partial charge in [0.05, 0.1) is 37.1 Å². The number of nitrogens with two attached hydrogens (primary N) is 1. The molecule has 0 radical (unpaired) electrons. The molecule has 326 valence electrons. The highest BCUT2D eigenvalue weighted by molar-refractivity contribution is 7.47. The van der Waals surface area contributed by atoms with E-state index in [1.807, 2.05) is 6.07 Å². The molecule has 1 aliphatic heterocycles. The second kappa shape index (κ2) is 24.0. The van der Waals surface area contributed by atoms with Crippen molar-refractivity contribution in [3.8, 4) is 12.1 Å². The van der Waals surface area contributed by atoms with Crippen molar-refractivity contribution in [2.24, 2.45) is 0 Å². The lowest BCUT2D eigenvalue weighted by Gasteiger charge is -2.31. The number of fused-ring (bicyclic) bond motifs is 1. The van der Waals surface area contributed by atoms with Crippen molar-refractivity contribution in [3.05, 3.63) is 59.3 Å². The molecule has 1 aliphatic rings. The third-order valence-electron chi connectivity index (χ3n) is 10.6. The molecule has 2 aromatic heterocycles. The van der Waals surface area contributed by atoms with Gasteiger partial charge in [-0.2, -0.15) is 15.6 Å². The standard InChI is InChI=1S/C42H62FN6O9P/c1-3-4-5-6-7-8-9-10-11-12-13-14-15-16-17-18-21-54-28-41(2,55-26-33-22-32(25-44)23-34(43)24-33)29-56-59(52,53)57-30-42(27-45)39(51)37(50)38(58-42)35-19-20-36-40(46)47-31-48-49(35)36/h19-20,22-24,31,37-39,50-51H,3-18,21,26,28-30H2,1-2H3,(H,52,53)(H2,46,47,48)/t37-,38-,39-,41?,42+/m0/s1. The van der Waals surface area contributed by atoms with Gasteiger partial charge < -0.3 is 35.1 Å². The predicted molar refractivity (Wildman–Crippen MR) is 218 cm³/mol. The topological polar surface area (TPSA) is 228 Å². The van der Waals surface area contributed by atoms with Crippen LogP contribution < -0.4 is 5.73 Å². The number of nitriles is 2. The minimum Gasteiger partial charge on any atom is -0.387 e. The van der Waals surface area contributed by atoms with Gasteiger partial charge in [-0.05, 0) is 49.2 Å². The molecule has 0 spiro atoms. The average Bonchev–Trinajstić information content (AvgIpc) is 3.77. The monoisotopic (exact) mass is 844 g/mol. The summed E-state index contributed by atoms with van der Waals surface area (Å²) in [7, 11) is -4.97. The Morgan fingerprint density at radius 2 is 1.58 bits per heavy atom. The quantitative estimate of drug-likeness (QED) is 0.0387. The van der Waals surface area contributed by atoms with E-state index in [0.717, 1.165) is 25.3 Å². The van der Waals surface area contributed by atoms with Crippen molar-refractivity contribution in [1.29, 1.82) is 10.5 Å². The first-order valence-electron chi connectivity index (χ1n) is 20.9. The molecule has 2 unspecified atom stereocenters. The number of hydrogen-bond donors (Lipinski definition) is 4. The van der Waals surface area contributed by atoms with Crippen molar-refractivity contribution in [1.82, 2.24) is 14.6 Å². The molecule has 3 aromatic rings. The Labute approximate surface area is 347 Å². The van der Waals surface area contributed by atoms with Crippen molar-refractivity contribution in [2.45, 2.75) is 153 Å². The number of phosphoric acid groups is 1. The molecule has 3 heterocycles. The minimum absolute atomic E-state index is 0.0661. The molecule has 15 nitrogen and oxygen atoms in total. The SMILES string of the molecule is CCCCCCCCCCCCCCCCCCOCC(C)(COP(=O)(O)OC[C@@]1(C#N)O[C@@H](c2ccc3c(N)ncnn23)[C@H](O)[C@@H]1O)OCc1cc(F)cc(C#N)c1. The summed E-state index contributed by atoms with van der Waals surface area (Å²) in [5, 5.41) is 45.3. The zero-order valence-electron chi connectivity index (χ0n) is 34.5. The highest BCUT2D eigenvalue weighted by Gasteiger charge is 2.57. The zero-order chi connectivity index (χ0) is 42.7. The summed E-state index contributed by atoms with van der Waals surface area (Å²) in [6.45, 7) is 2.51. The minimum atomic E-state index is -4.97. The number of rotatable bonds is 29. The second-order valence-electron chi connectivity index (χ2n) is 15.7. The van der Waals surface area contributed by atoms with Crippen LogP contribution in [0.1, 0.15) is 140 Å². The molecular formula is C42H62FN6O9P. The van der Waals surface area contributed by atoms with Crippen LogP contribution in [-0.4, -0.2) is 79.5 Å². The van der Waals surface area contributed by atoms with Crippen LogP contribution in [0.2, 0.25) is 0 Å². The van der Waals surface area contributed by atoms with Crippen LogP contribution in [0, 0.1) is 28.5 Å². The van der Waals surface area contributed by atoms with E-state index < -0.39 is 56.4 Å². The summed E-state index contributed by atoms with van der Waals surface area (Å²) < 4.78 is 57.1. The highest BCUT2D eigenvalue weighted by Crippen LogP contribution is 2.48. The van der Waals surface area contributed by atoms with E-state index >= 15 is 0 Å². The Hall–Kier alpha value is -3.54. The molecule has 0 amide bonds. The van der Waals surface area contributed by atoms with E-state index in [1.165, 1.54) is 113 Å². The van der Waals surface area contributed by atoms with Gasteiger partial charge >= 0.3 is 7.82 Å². The van der Waals surface area contributed by atoms with E-state index in [-0.39, 0.29) is 30.3 Å². The lowest BCUT2D eigenvalue weighted by Crippen LogP contribution is -2.45. The summed E-state index contributed by atoms with van der Waals surface area (Å²) in [4.78, 5) is 14.6. The number of unbranched alkanes of at least 4 members (excludes halogenated alkanes) is 15. The van der Waals surface area contributed by atoms with Gasteiger partial charge in [0.25, 0.3) is 0 Å². The fourth-order valence-corrected chi connectivity index (χ4v) is 8.00. The first kappa shape index (κ1) is 48.1. The van der Waals surface area contributed by atoms with E-state index in [0.29, 0.717) is 17.7 Å². The Morgan fingerprint density at radius 1 is 0.949 bits per heavy atom. The Balaban J connectivity index is 1.24. The molecule has 0 aliphatic carbocycles. The van der Waals surface area contributed by atoms with Gasteiger partial charge in [0.2, 0.25) is 5.60 Å². The molecule has 59 heavy (non-hydrogen) atoms. The first-order chi connectivity index (χ1) is 28.4. The maximum atomic E-state index is 14.2. The summed E-state index contributed by atoms with van der Waals surface area (Å²) in [5.74, 6) is -0.469. The van der Waals surface area contributed by atoms with E-state index in [9.17, 15) is 34.6 Å². The number of nitrogens with zero attached hydrogens (tertiary/aromatic N) is 5. The van der Waals surface area contributed by atoms with Crippen LogP contribution in [0.25, 0.3) is 5.52 Å². The number of aliphatic hydroxyl groups excluding tert-OH is 2. The molecule has 17 heteroatoms. The molecule has 1 fully saturated rings. The number of hydrogen-bond acceptors (Lipinski definition) is 13. The van der Waals surface area contributed by atoms with Crippen LogP contribution in [0.3, 0.4) is 0 Å². The fourth-order valence-electron chi connectivity index (χ4n) is 7.13. The van der Waals surface area contributed by atoms with Crippen LogP contribution in [-0.2, 0) is 34.4 Å². The fraction of sp³-hybridized carbons (Fsp3) is 0.667. The molecule has 5 N–H and O–H groups in total. The van der Waals surface area contributed by atoms with Gasteiger partial charge in [-0.3, -0.25) is 9.05 Å². The molecule has 1 saturated heterocycles. The lowest BCUT2D eigenvalue weighted by atomic mass is 9.96. The van der Waals surface area contributed by atoms with Crippen molar-refractivity contribution < 1.29 is 47.3 Å². The van der Waals surface area contributed by atoms with Crippen molar-refractivity contribution in [3.63, 3.8) is 0 Å². The molecule has 4 rings (SSSR count). The van der Waals surface area contributed by atoms with Crippen LogP contribution >= 0.6 is 7.82 Å². The van der Waals surface area contributed by atoms with Crippen LogP contribution in [0.4, 0.5) is 10.2 Å². The largest absolute Gasteiger partial charge is 0.472 e. The van der Waals surface area contributed by atoms with Crippen LogP contribution in [0.5, 0.6) is 0 Å². The molecular weight excluding hydrogens is 782 g/mol. The normalized spacial score (nSPS) is 21.3. The van der Waals surface area contributed by atoms with Crippen molar-refractivity contribution >= 4 is 19.2 Å². The number of aromatic nitrogens is 3. The Bertz CT molecular complexity index is 1870. The third-order valence-corrected chi connectivity index (χ3v) is 11.6. The number of aliphatic hydroxyl groups is 2. The molecule has 6 atom stereocenters. The summed E-state index contributed by atoms with van der Waals surface area (Å²) in [6, 6.07) is 10.6. The zero-order valence-corrected chi connectivity index (χ0v) is 35.4. The van der Waals surface area contributed by atoms with Gasteiger partial charge in [-0.15, -0.1) is 0 Å². The summed E-state index contributed by atoms with van der Waals surface area (Å²) >= 11 is 0. The van der Waals surface area contributed by atoms with Crippen molar-refractivity contribution in [2.75, 3.05) is 32.2 Å². The second-order valence-corrected chi connectivity index (χ2v) is 17.2. The maximum Gasteiger partial charge on any atom is 0.472 e. The third kappa shape index (κ3) is 14.9. The molecule has 0 bridgehead atoms. The number of nitrogen functional groups attached to an aromatic ring is 1. The number of anilines is 1. The average molecular weight is 845 g/mol. The lowest BCUT2D eigenvalue weighted by molar-refractivity contribution is -0.121. The maximum absolute atomic E-state index is 14.2. The number of ether oxygens (including phenoxy) is 3. The Morgan fingerprint density at radius 3 is 2.19 bits per heavy atom. The number of benzene rings is 1. The van der Waals surface area contributed by atoms with Gasteiger partial charge in [0, 0.05) is 6.61 Å². The highest BCUT2D eigenvalue weighted by atomic mass is 31.2. The Kier molecular flexibility index (Phi) is 19.6. The first-order valence-corrected chi connectivity index (χ1v) is 22.4.